The normalized spacial score (nSPS) is 15.4. The smallest absolute Gasteiger partial charge is 0.309 e. The van der Waals surface area contributed by atoms with Crippen LogP contribution < -0.4 is 9.47 Å². The number of aryl methyl sites for hydroxylation is 4. The van der Waals surface area contributed by atoms with Gasteiger partial charge >= 0.3 is 11.9 Å². The van der Waals surface area contributed by atoms with Crippen LogP contribution in [0.5, 0.6) is 11.5 Å². The first-order valence-electron chi connectivity index (χ1n) is 25.7. The van der Waals surface area contributed by atoms with E-state index in [2.05, 4.69) is 55.5 Å². The number of methoxy groups -OCH3 is 1. The minimum Gasteiger partial charge on any atom is -0.493 e. The molecule has 0 amide bonds. The molecule has 4 atom stereocenters. The van der Waals surface area contributed by atoms with Crippen LogP contribution in [0.2, 0.25) is 0 Å². The second-order valence-corrected chi connectivity index (χ2v) is 19.0. The summed E-state index contributed by atoms with van der Waals surface area (Å²) in [5, 5.41) is 9.78. The monoisotopic (exact) mass is 976 g/mol. The molecular formula is C63H64N2O8. The standard InChI is InChI=1S/C32H33NO4.C31H31NO4/c1-4-25(32(34)35-3)26-16-15-24-19-30(28(20-27(24)26)22-11-7-5-8-12-22)36-18-17-29-21(2)37-31(33-29)23-13-9-6-10-14-23;1-3-24(31(33)34)25-15-14-23-18-29(27(19-26(23)25)21-10-6-4-7-11-21)35-17-16-28-20(2)36-30(32-28)22-12-8-5-9-13-22/h5-14,19-20,25-26H,4,15-18H2,1-3H3;4-13,18-19,24-25H,3,14-17H2,1-2H3,(H,33,34). The predicted octanol–water partition coefficient (Wildman–Crippen LogP) is 14.2. The third-order valence-electron chi connectivity index (χ3n) is 14.6. The fourth-order valence-corrected chi connectivity index (χ4v) is 10.7. The van der Waals surface area contributed by atoms with Crippen LogP contribution in [0.25, 0.3) is 45.2 Å². The lowest BCUT2D eigenvalue weighted by atomic mass is 9.84. The molecule has 0 fully saturated rings. The highest BCUT2D eigenvalue weighted by atomic mass is 16.5. The SMILES string of the molecule is CCC(C(=O)O)C1CCc2cc(OCCc3nc(-c4ccccc4)oc3C)c(-c3ccccc3)cc21.CCC(C(=O)OC)C1CCc2cc(OCCc3nc(-c4ccccc4)oc3C)c(-c3ccccc3)cc21. The van der Waals surface area contributed by atoms with Gasteiger partial charge in [0.05, 0.1) is 43.5 Å². The molecule has 4 unspecified atom stereocenters. The molecule has 0 aliphatic heterocycles. The summed E-state index contributed by atoms with van der Waals surface area (Å²) < 4.78 is 29.7. The second kappa shape index (κ2) is 23.2. The van der Waals surface area contributed by atoms with E-state index in [0.29, 0.717) is 44.3 Å². The summed E-state index contributed by atoms with van der Waals surface area (Å²) in [5.41, 5.74) is 12.8. The number of aliphatic carboxylic acids is 1. The zero-order valence-electron chi connectivity index (χ0n) is 42.4. The van der Waals surface area contributed by atoms with Gasteiger partial charge in [0.1, 0.15) is 23.0 Å². The highest BCUT2D eigenvalue weighted by molar-refractivity contribution is 5.77. The Morgan fingerprint density at radius 1 is 0.575 bits per heavy atom. The molecule has 6 aromatic carbocycles. The van der Waals surface area contributed by atoms with E-state index in [4.69, 9.17) is 33.0 Å². The number of esters is 1. The van der Waals surface area contributed by atoms with Gasteiger partial charge in [0.2, 0.25) is 11.8 Å². The van der Waals surface area contributed by atoms with Crippen molar-refractivity contribution in [2.24, 2.45) is 11.8 Å². The number of ether oxygens (including phenoxy) is 3. The van der Waals surface area contributed by atoms with Crippen LogP contribution in [-0.4, -0.2) is 47.3 Å². The molecule has 10 heteroatoms. The Morgan fingerprint density at radius 3 is 1.33 bits per heavy atom. The number of carboxylic acids is 1. The van der Waals surface area contributed by atoms with Crippen LogP contribution in [0.4, 0.5) is 0 Å². The Labute approximate surface area is 428 Å². The number of hydrogen-bond acceptors (Lipinski definition) is 9. The van der Waals surface area contributed by atoms with Crippen molar-refractivity contribution in [2.45, 2.75) is 90.9 Å². The minimum atomic E-state index is -0.713. The molecule has 0 saturated heterocycles. The first-order valence-corrected chi connectivity index (χ1v) is 25.7. The molecule has 2 aromatic heterocycles. The molecule has 374 valence electrons. The van der Waals surface area contributed by atoms with E-state index >= 15 is 0 Å². The Hall–Kier alpha value is -7.72. The van der Waals surface area contributed by atoms with Crippen LogP contribution in [-0.2, 0) is 40.0 Å². The van der Waals surface area contributed by atoms with E-state index in [1.165, 1.54) is 23.8 Å². The number of hydrogen-bond donors (Lipinski definition) is 1. The number of carbonyl (C=O) groups excluding carboxylic acids is 1. The molecule has 10 rings (SSSR count). The van der Waals surface area contributed by atoms with Crippen molar-refractivity contribution in [2.75, 3.05) is 20.3 Å². The van der Waals surface area contributed by atoms with E-state index in [0.717, 1.165) is 105 Å². The highest BCUT2D eigenvalue weighted by Gasteiger charge is 2.36. The summed E-state index contributed by atoms with van der Waals surface area (Å²) in [6.45, 7) is 8.86. The van der Waals surface area contributed by atoms with Gasteiger partial charge in [0, 0.05) is 35.1 Å². The fraction of sp³-hybridized carbons (Fsp3) is 0.302. The number of fused-ring (bicyclic) bond motifs is 2. The van der Waals surface area contributed by atoms with Gasteiger partial charge in [-0.3, -0.25) is 9.59 Å². The summed E-state index contributed by atoms with van der Waals surface area (Å²) in [5.74, 6) is 3.44. The third kappa shape index (κ3) is 11.3. The molecule has 2 aliphatic carbocycles. The van der Waals surface area contributed by atoms with Crippen LogP contribution in [0.15, 0.2) is 154 Å². The maximum absolute atomic E-state index is 12.5. The van der Waals surface area contributed by atoms with Gasteiger partial charge in [-0.2, -0.15) is 0 Å². The van der Waals surface area contributed by atoms with Crippen molar-refractivity contribution in [3.05, 3.63) is 191 Å². The topological polar surface area (TPSA) is 134 Å². The fourth-order valence-electron chi connectivity index (χ4n) is 10.7. The number of carbonyl (C=O) groups is 2. The van der Waals surface area contributed by atoms with Crippen molar-refractivity contribution in [1.82, 2.24) is 9.97 Å². The number of carboxylic acid groups (broad SMARTS) is 1. The molecule has 2 heterocycles. The average Bonchev–Trinajstić information content (AvgIpc) is 4.22. The van der Waals surface area contributed by atoms with Gasteiger partial charge in [-0.15, -0.1) is 0 Å². The first kappa shape index (κ1) is 50.2. The van der Waals surface area contributed by atoms with Gasteiger partial charge in [-0.1, -0.05) is 111 Å². The predicted molar refractivity (Wildman–Crippen MR) is 285 cm³/mol. The first-order chi connectivity index (χ1) is 35.6. The molecule has 1 N–H and O–H groups in total. The van der Waals surface area contributed by atoms with Gasteiger partial charge < -0.3 is 28.2 Å². The lowest BCUT2D eigenvalue weighted by Gasteiger charge is -2.22. The number of benzene rings is 6. The van der Waals surface area contributed by atoms with E-state index in [-0.39, 0.29) is 29.6 Å². The lowest BCUT2D eigenvalue weighted by Crippen LogP contribution is -2.21. The average molecular weight is 977 g/mol. The van der Waals surface area contributed by atoms with Gasteiger partial charge in [0.25, 0.3) is 0 Å². The summed E-state index contributed by atoms with van der Waals surface area (Å²) in [6, 6.07) is 49.0. The number of oxazole rings is 2. The zero-order chi connectivity index (χ0) is 50.8. The van der Waals surface area contributed by atoms with Crippen LogP contribution in [0, 0.1) is 25.7 Å². The molecule has 0 bridgehead atoms. The van der Waals surface area contributed by atoms with Gasteiger partial charge in [0.15, 0.2) is 0 Å². The van der Waals surface area contributed by atoms with E-state index < -0.39 is 5.97 Å². The molecule has 8 aromatic rings. The zero-order valence-corrected chi connectivity index (χ0v) is 42.4. The Morgan fingerprint density at radius 2 is 0.959 bits per heavy atom. The lowest BCUT2D eigenvalue weighted by molar-refractivity contribution is -0.146. The molecular weight excluding hydrogens is 913 g/mol. The van der Waals surface area contributed by atoms with Crippen molar-refractivity contribution in [3.63, 3.8) is 0 Å². The Bertz CT molecular complexity index is 3130. The van der Waals surface area contributed by atoms with Crippen LogP contribution in [0.1, 0.15) is 96.5 Å². The quantitative estimate of drug-likeness (QED) is 0.0828. The maximum Gasteiger partial charge on any atom is 0.309 e. The van der Waals surface area contributed by atoms with Crippen molar-refractivity contribution < 1.29 is 37.7 Å². The Kier molecular flexibility index (Phi) is 16.0. The Balaban J connectivity index is 0.000000180. The van der Waals surface area contributed by atoms with Gasteiger partial charge in [-0.05, 0) is 146 Å². The molecule has 0 saturated carbocycles. The molecule has 10 nitrogen and oxygen atoms in total. The minimum absolute atomic E-state index is 0.0354. The maximum atomic E-state index is 12.5. The molecule has 2 aliphatic rings. The van der Waals surface area contributed by atoms with Gasteiger partial charge in [-0.25, -0.2) is 9.97 Å². The largest absolute Gasteiger partial charge is 0.493 e. The summed E-state index contributed by atoms with van der Waals surface area (Å²) in [6.07, 6.45) is 6.28. The number of nitrogens with zero attached hydrogens (tertiary/aromatic N) is 2. The van der Waals surface area contributed by atoms with E-state index in [1.54, 1.807) is 0 Å². The third-order valence-corrected chi connectivity index (χ3v) is 14.6. The number of rotatable bonds is 18. The highest BCUT2D eigenvalue weighted by Crippen LogP contribution is 2.47. The summed E-state index contributed by atoms with van der Waals surface area (Å²) >= 11 is 0. The molecule has 0 radical (unpaired) electrons. The van der Waals surface area contributed by atoms with Crippen molar-refractivity contribution >= 4 is 11.9 Å². The van der Waals surface area contributed by atoms with Crippen molar-refractivity contribution in [3.8, 4) is 56.7 Å². The van der Waals surface area contributed by atoms with E-state index in [9.17, 15) is 14.7 Å². The second-order valence-electron chi connectivity index (χ2n) is 19.0. The van der Waals surface area contributed by atoms with Crippen LogP contribution in [0.3, 0.4) is 0 Å². The molecule has 73 heavy (non-hydrogen) atoms. The summed E-state index contributed by atoms with van der Waals surface area (Å²) in [4.78, 5) is 33.8. The van der Waals surface area contributed by atoms with E-state index in [1.807, 2.05) is 118 Å². The summed E-state index contributed by atoms with van der Waals surface area (Å²) in [7, 11) is 1.48. The van der Waals surface area contributed by atoms with Crippen LogP contribution >= 0.6 is 0 Å². The number of aromatic nitrogens is 2. The molecule has 0 spiro atoms. The van der Waals surface area contributed by atoms with Crippen molar-refractivity contribution in [1.29, 1.82) is 0 Å².